The van der Waals surface area contributed by atoms with Crippen molar-refractivity contribution in [3.8, 4) is 0 Å². The highest BCUT2D eigenvalue weighted by Crippen LogP contribution is 2.38. The molecule has 1 atom stereocenters. The fourth-order valence-corrected chi connectivity index (χ4v) is 2.47. The van der Waals surface area contributed by atoms with Crippen molar-refractivity contribution in [2.24, 2.45) is 0 Å². The summed E-state index contributed by atoms with van der Waals surface area (Å²) in [4.78, 5) is 31.7. The first kappa shape index (κ1) is 14.0. The minimum atomic E-state index is -0.258. The van der Waals surface area contributed by atoms with E-state index >= 15 is 0 Å². The molecule has 1 aliphatic heterocycles. The van der Waals surface area contributed by atoms with E-state index in [0.29, 0.717) is 30.6 Å². The SMILES string of the molecule is CCC(C)N1CCC(=O)N(Cc2nc(C3CC3)no2)C1=O. The summed E-state index contributed by atoms with van der Waals surface area (Å²) >= 11 is 0. The summed E-state index contributed by atoms with van der Waals surface area (Å²) in [7, 11) is 0. The van der Waals surface area contributed by atoms with E-state index in [4.69, 9.17) is 4.52 Å². The number of rotatable bonds is 5. The second-order valence-electron chi connectivity index (χ2n) is 5.78. The highest BCUT2D eigenvalue weighted by atomic mass is 16.5. The monoisotopic (exact) mass is 292 g/mol. The number of amides is 3. The minimum absolute atomic E-state index is 0.0737. The zero-order chi connectivity index (χ0) is 15.0. The number of urea groups is 1. The van der Waals surface area contributed by atoms with Crippen LogP contribution in [0.2, 0.25) is 0 Å². The van der Waals surface area contributed by atoms with E-state index in [1.54, 1.807) is 4.90 Å². The van der Waals surface area contributed by atoms with Gasteiger partial charge in [-0.2, -0.15) is 4.98 Å². The van der Waals surface area contributed by atoms with Gasteiger partial charge in [0.1, 0.15) is 6.54 Å². The van der Waals surface area contributed by atoms with Gasteiger partial charge in [0.2, 0.25) is 11.8 Å². The Morgan fingerprint density at radius 1 is 1.38 bits per heavy atom. The van der Waals surface area contributed by atoms with Crippen LogP contribution in [0, 0.1) is 0 Å². The van der Waals surface area contributed by atoms with Crippen molar-refractivity contribution in [2.45, 2.75) is 58.0 Å². The van der Waals surface area contributed by atoms with Crippen molar-refractivity contribution in [1.29, 1.82) is 0 Å². The maximum atomic E-state index is 12.4. The Morgan fingerprint density at radius 3 is 2.81 bits per heavy atom. The summed E-state index contributed by atoms with van der Waals surface area (Å²) in [6.07, 6.45) is 3.38. The molecular formula is C14H20N4O3. The molecule has 2 aliphatic rings. The van der Waals surface area contributed by atoms with Crippen LogP contribution in [-0.2, 0) is 11.3 Å². The first-order valence-electron chi connectivity index (χ1n) is 7.53. The first-order valence-corrected chi connectivity index (χ1v) is 7.53. The number of carbonyl (C=O) groups is 2. The van der Waals surface area contributed by atoms with Gasteiger partial charge in [-0.1, -0.05) is 12.1 Å². The molecule has 114 valence electrons. The fraction of sp³-hybridized carbons (Fsp3) is 0.714. The molecule has 0 spiro atoms. The molecule has 0 bridgehead atoms. The van der Waals surface area contributed by atoms with Gasteiger partial charge in [-0.05, 0) is 26.2 Å². The van der Waals surface area contributed by atoms with Gasteiger partial charge in [-0.25, -0.2) is 4.79 Å². The van der Waals surface area contributed by atoms with Crippen LogP contribution in [0.1, 0.15) is 57.2 Å². The van der Waals surface area contributed by atoms with Crippen molar-refractivity contribution in [3.05, 3.63) is 11.7 Å². The Kier molecular flexibility index (Phi) is 3.65. The standard InChI is InChI=1S/C14H20N4O3/c1-3-9(2)17-7-6-12(19)18(14(17)20)8-11-15-13(16-21-11)10-4-5-10/h9-10H,3-8H2,1-2H3. The van der Waals surface area contributed by atoms with Crippen molar-refractivity contribution >= 4 is 11.9 Å². The lowest BCUT2D eigenvalue weighted by atomic mass is 10.2. The average Bonchev–Trinajstić information content (AvgIpc) is 3.22. The molecule has 0 aromatic carbocycles. The normalized spacial score (nSPS) is 21.0. The molecule has 1 unspecified atom stereocenters. The van der Waals surface area contributed by atoms with Crippen molar-refractivity contribution in [2.75, 3.05) is 6.54 Å². The maximum absolute atomic E-state index is 12.4. The third kappa shape index (κ3) is 2.77. The second kappa shape index (κ2) is 5.46. The summed E-state index contributed by atoms with van der Waals surface area (Å²) in [6.45, 7) is 4.58. The zero-order valence-corrected chi connectivity index (χ0v) is 12.4. The van der Waals surface area contributed by atoms with Gasteiger partial charge in [0.15, 0.2) is 5.82 Å². The molecule has 7 heteroatoms. The lowest BCUT2D eigenvalue weighted by Gasteiger charge is -2.36. The second-order valence-corrected chi connectivity index (χ2v) is 5.78. The minimum Gasteiger partial charge on any atom is -0.337 e. The van der Waals surface area contributed by atoms with Crippen LogP contribution in [0.5, 0.6) is 0 Å². The average molecular weight is 292 g/mol. The summed E-state index contributed by atoms with van der Waals surface area (Å²) < 4.78 is 5.16. The maximum Gasteiger partial charge on any atom is 0.327 e. The fourth-order valence-electron chi connectivity index (χ4n) is 2.47. The molecule has 3 rings (SSSR count). The lowest BCUT2D eigenvalue weighted by Crippen LogP contribution is -2.54. The molecular weight excluding hydrogens is 272 g/mol. The smallest absolute Gasteiger partial charge is 0.327 e. The number of carbonyl (C=O) groups excluding carboxylic acids is 2. The third-order valence-electron chi connectivity index (χ3n) is 4.19. The predicted octanol–water partition coefficient (Wildman–Crippen LogP) is 1.90. The van der Waals surface area contributed by atoms with Gasteiger partial charge in [0.05, 0.1) is 0 Å². The van der Waals surface area contributed by atoms with Gasteiger partial charge < -0.3 is 9.42 Å². The van der Waals surface area contributed by atoms with E-state index in [-0.39, 0.29) is 24.5 Å². The Hall–Kier alpha value is -1.92. The van der Waals surface area contributed by atoms with E-state index in [2.05, 4.69) is 10.1 Å². The summed E-state index contributed by atoms with van der Waals surface area (Å²) in [5.41, 5.74) is 0. The third-order valence-corrected chi connectivity index (χ3v) is 4.19. The quantitative estimate of drug-likeness (QED) is 0.828. The molecule has 2 fully saturated rings. The number of nitrogens with zero attached hydrogens (tertiary/aromatic N) is 4. The molecule has 21 heavy (non-hydrogen) atoms. The Balaban J connectivity index is 1.71. The van der Waals surface area contributed by atoms with Crippen LogP contribution in [-0.4, -0.2) is 44.5 Å². The van der Waals surface area contributed by atoms with Gasteiger partial charge in [0.25, 0.3) is 0 Å². The zero-order valence-electron chi connectivity index (χ0n) is 12.4. The highest BCUT2D eigenvalue weighted by Gasteiger charge is 2.35. The molecule has 2 heterocycles. The van der Waals surface area contributed by atoms with Crippen LogP contribution >= 0.6 is 0 Å². The molecule has 1 saturated heterocycles. The van der Waals surface area contributed by atoms with E-state index in [0.717, 1.165) is 19.3 Å². The number of hydrogen-bond acceptors (Lipinski definition) is 5. The lowest BCUT2D eigenvalue weighted by molar-refractivity contribution is -0.132. The molecule has 1 aromatic rings. The number of aromatic nitrogens is 2. The van der Waals surface area contributed by atoms with Crippen molar-refractivity contribution in [1.82, 2.24) is 19.9 Å². The van der Waals surface area contributed by atoms with Gasteiger partial charge in [0, 0.05) is 24.9 Å². The number of hydrogen-bond donors (Lipinski definition) is 0. The molecule has 1 saturated carbocycles. The van der Waals surface area contributed by atoms with E-state index in [1.807, 2.05) is 13.8 Å². The Bertz CT molecular complexity index is 552. The van der Waals surface area contributed by atoms with Gasteiger partial charge in [-0.15, -0.1) is 0 Å². The van der Waals surface area contributed by atoms with E-state index in [1.165, 1.54) is 4.90 Å². The van der Waals surface area contributed by atoms with Crippen LogP contribution in [0.25, 0.3) is 0 Å². The van der Waals surface area contributed by atoms with Crippen molar-refractivity contribution in [3.63, 3.8) is 0 Å². The molecule has 0 N–H and O–H groups in total. The van der Waals surface area contributed by atoms with E-state index in [9.17, 15) is 9.59 Å². The molecule has 1 aromatic heterocycles. The highest BCUT2D eigenvalue weighted by molar-refractivity contribution is 5.96. The van der Waals surface area contributed by atoms with E-state index < -0.39 is 0 Å². The summed E-state index contributed by atoms with van der Waals surface area (Å²) in [5, 5.41) is 3.92. The largest absolute Gasteiger partial charge is 0.337 e. The predicted molar refractivity (Wildman–Crippen MR) is 73.3 cm³/mol. The topological polar surface area (TPSA) is 79.5 Å². The Morgan fingerprint density at radius 2 is 2.14 bits per heavy atom. The molecule has 3 amide bonds. The van der Waals surface area contributed by atoms with Crippen molar-refractivity contribution < 1.29 is 14.1 Å². The molecule has 1 aliphatic carbocycles. The van der Waals surface area contributed by atoms with Crippen LogP contribution in [0.15, 0.2) is 4.52 Å². The number of imide groups is 1. The van der Waals surface area contributed by atoms with Crippen LogP contribution < -0.4 is 0 Å². The van der Waals surface area contributed by atoms with Gasteiger partial charge in [-0.3, -0.25) is 9.69 Å². The summed E-state index contributed by atoms with van der Waals surface area (Å²) in [6, 6.07) is -0.135. The summed E-state index contributed by atoms with van der Waals surface area (Å²) in [5.74, 6) is 1.25. The first-order chi connectivity index (χ1) is 10.1. The Labute approximate surface area is 123 Å². The van der Waals surface area contributed by atoms with Crippen LogP contribution in [0.3, 0.4) is 0 Å². The molecule has 0 radical (unpaired) electrons. The molecule has 7 nitrogen and oxygen atoms in total. The van der Waals surface area contributed by atoms with Gasteiger partial charge >= 0.3 is 6.03 Å². The van der Waals surface area contributed by atoms with Crippen LogP contribution in [0.4, 0.5) is 4.79 Å².